The molecule has 110 valence electrons. The van der Waals surface area contributed by atoms with E-state index < -0.39 is 11.0 Å². The SMILES string of the molecule is CCCCc1ccc(NS(=O)c2cccc(C=O)c2)cc1. The van der Waals surface area contributed by atoms with Crippen LogP contribution in [0.15, 0.2) is 53.4 Å². The Morgan fingerprint density at radius 2 is 1.90 bits per heavy atom. The largest absolute Gasteiger partial charge is 0.301 e. The van der Waals surface area contributed by atoms with Crippen molar-refractivity contribution in [1.82, 2.24) is 0 Å². The number of anilines is 1. The third kappa shape index (κ3) is 4.53. The number of nitrogens with one attached hydrogen (secondary N) is 1. The molecule has 4 heteroatoms. The summed E-state index contributed by atoms with van der Waals surface area (Å²) in [5, 5.41) is 0. The molecule has 1 unspecified atom stereocenters. The van der Waals surface area contributed by atoms with Gasteiger partial charge < -0.3 is 4.72 Å². The van der Waals surface area contributed by atoms with E-state index in [4.69, 9.17) is 0 Å². The number of benzene rings is 2. The van der Waals surface area contributed by atoms with E-state index in [1.165, 1.54) is 18.4 Å². The highest BCUT2D eigenvalue weighted by Crippen LogP contribution is 2.15. The minimum Gasteiger partial charge on any atom is -0.301 e. The van der Waals surface area contributed by atoms with E-state index in [1.807, 2.05) is 12.1 Å². The van der Waals surface area contributed by atoms with Gasteiger partial charge in [0.05, 0.1) is 4.90 Å². The van der Waals surface area contributed by atoms with Crippen molar-refractivity contribution in [2.45, 2.75) is 31.1 Å². The summed E-state index contributed by atoms with van der Waals surface area (Å²) in [5.74, 6) is 0. The second-order valence-corrected chi connectivity index (χ2v) is 6.07. The molecule has 0 spiro atoms. The molecular formula is C17H19NO2S. The number of aryl methyl sites for hydroxylation is 1. The maximum Gasteiger partial charge on any atom is 0.150 e. The van der Waals surface area contributed by atoms with Crippen molar-refractivity contribution in [3.8, 4) is 0 Å². The van der Waals surface area contributed by atoms with E-state index in [1.54, 1.807) is 24.3 Å². The summed E-state index contributed by atoms with van der Waals surface area (Å²) < 4.78 is 15.2. The Labute approximate surface area is 128 Å². The molecule has 0 aliphatic carbocycles. The van der Waals surface area contributed by atoms with Crippen molar-refractivity contribution >= 4 is 23.0 Å². The van der Waals surface area contributed by atoms with Crippen LogP contribution in [0.2, 0.25) is 0 Å². The van der Waals surface area contributed by atoms with E-state index in [0.29, 0.717) is 10.5 Å². The lowest BCUT2D eigenvalue weighted by molar-refractivity contribution is 0.112. The predicted octanol–water partition coefficient (Wildman–Crippen LogP) is 3.98. The summed E-state index contributed by atoms with van der Waals surface area (Å²) in [7, 11) is -1.37. The molecule has 0 aliphatic rings. The van der Waals surface area contributed by atoms with E-state index in [-0.39, 0.29) is 0 Å². The van der Waals surface area contributed by atoms with Crippen molar-refractivity contribution in [1.29, 1.82) is 0 Å². The average molecular weight is 301 g/mol. The second-order valence-electron chi connectivity index (χ2n) is 4.86. The zero-order chi connectivity index (χ0) is 15.1. The normalized spacial score (nSPS) is 11.9. The van der Waals surface area contributed by atoms with Crippen molar-refractivity contribution in [3.63, 3.8) is 0 Å². The van der Waals surface area contributed by atoms with Crippen LogP contribution in [0, 0.1) is 0 Å². The lowest BCUT2D eigenvalue weighted by atomic mass is 10.1. The first-order chi connectivity index (χ1) is 10.2. The standard InChI is InChI=1S/C17H19NO2S/c1-2-3-5-14-8-10-16(11-9-14)18-21(20)17-7-4-6-15(12-17)13-19/h4,6-13,18H,2-3,5H2,1H3. The molecule has 3 nitrogen and oxygen atoms in total. The van der Waals surface area contributed by atoms with Crippen LogP contribution in [-0.4, -0.2) is 10.5 Å². The molecule has 0 amide bonds. The molecule has 1 N–H and O–H groups in total. The third-order valence-corrected chi connectivity index (χ3v) is 4.29. The maximum atomic E-state index is 12.2. The molecular weight excluding hydrogens is 282 g/mol. The van der Waals surface area contributed by atoms with Gasteiger partial charge in [0, 0.05) is 11.3 Å². The first-order valence-electron chi connectivity index (χ1n) is 7.05. The van der Waals surface area contributed by atoms with Crippen LogP contribution >= 0.6 is 0 Å². The Bertz CT molecular complexity index is 623. The fourth-order valence-electron chi connectivity index (χ4n) is 1.99. The van der Waals surface area contributed by atoms with Crippen LogP contribution in [0.25, 0.3) is 0 Å². The Hall–Kier alpha value is -1.94. The zero-order valence-corrected chi connectivity index (χ0v) is 12.9. The van der Waals surface area contributed by atoms with Gasteiger partial charge in [-0.25, -0.2) is 4.21 Å². The molecule has 0 bridgehead atoms. The van der Waals surface area contributed by atoms with Gasteiger partial charge in [0.2, 0.25) is 0 Å². The van der Waals surface area contributed by atoms with Gasteiger partial charge in [0.25, 0.3) is 0 Å². The van der Waals surface area contributed by atoms with Crippen LogP contribution in [0.5, 0.6) is 0 Å². The van der Waals surface area contributed by atoms with E-state index in [0.717, 1.165) is 18.4 Å². The van der Waals surface area contributed by atoms with Gasteiger partial charge in [-0.05, 0) is 42.7 Å². The highest BCUT2D eigenvalue weighted by molar-refractivity contribution is 7.86. The highest BCUT2D eigenvalue weighted by Gasteiger charge is 2.05. The minimum absolute atomic E-state index is 0.526. The number of unbranched alkanes of at least 4 members (excludes halogenated alkanes) is 1. The number of aldehydes is 1. The monoisotopic (exact) mass is 301 g/mol. The number of hydrogen-bond donors (Lipinski definition) is 1. The van der Waals surface area contributed by atoms with Gasteiger partial charge in [0.15, 0.2) is 0 Å². The minimum atomic E-state index is -1.37. The van der Waals surface area contributed by atoms with Crippen molar-refractivity contribution in [2.75, 3.05) is 4.72 Å². The fourth-order valence-corrected chi connectivity index (χ4v) is 2.90. The molecule has 0 radical (unpaired) electrons. The number of carbonyl (C=O) groups excluding carboxylic acids is 1. The van der Waals surface area contributed by atoms with Crippen LogP contribution in [-0.2, 0) is 17.4 Å². The lowest BCUT2D eigenvalue weighted by Crippen LogP contribution is -2.05. The first kappa shape index (κ1) is 15.4. The molecule has 21 heavy (non-hydrogen) atoms. The Morgan fingerprint density at radius 3 is 2.57 bits per heavy atom. The summed E-state index contributed by atoms with van der Waals surface area (Å²) in [4.78, 5) is 11.3. The molecule has 0 saturated heterocycles. The highest BCUT2D eigenvalue weighted by atomic mass is 32.2. The molecule has 2 rings (SSSR count). The van der Waals surface area contributed by atoms with Crippen molar-refractivity contribution < 1.29 is 9.00 Å². The summed E-state index contributed by atoms with van der Waals surface area (Å²) in [5.41, 5.74) is 2.62. The maximum absolute atomic E-state index is 12.2. The van der Waals surface area contributed by atoms with Gasteiger partial charge in [-0.15, -0.1) is 0 Å². The van der Waals surface area contributed by atoms with E-state index >= 15 is 0 Å². The molecule has 1 atom stereocenters. The Morgan fingerprint density at radius 1 is 1.14 bits per heavy atom. The third-order valence-electron chi connectivity index (χ3n) is 3.19. The van der Waals surface area contributed by atoms with Crippen LogP contribution in [0.4, 0.5) is 5.69 Å². The van der Waals surface area contributed by atoms with E-state index in [9.17, 15) is 9.00 Å². The van der Waals surface area contributed by atoms with Crippen LogP contribution < -0.4 is 4.72 Å². The van der Waals surface area contributed by atoms with Gasteiger partial charge in [-0.3, -0.25) is 4.79 Å². The van der Waals surface area contributed by atoms with Crippen molar-refractivity contribution in [2.24, 2.45) is 0 Å². The van der Waals surface area contributed by atoms with Gasteiger partial charge >= 0.3 is 0 Å². The number of hydrogen-bond acceptors (Lipinski definition) is 2. The van der Waals surface area contributed by atoms with E-state index in [2.05, 4.69) is 23.8 Å². The molecule has 2 aromatic rings. The summed E-state index contributed by atoms with van der Waals surface area (Å²) in [6.07, 6.45) is 4.18. The average Bonchev–Trinajstić information content (AvgIpc) is 2.54. The summed E-state index contributed by atoms with van der Waals surface area (Å²) >= 11 is 0. The zero-order valence-electron chi connectivity index (χ0n) is 12.0. The summed E-state index contributed by atoms with van der Waals surface area (Å²) in [6, 6.07) is 14.8. The fraction of sp³-hybridized carbons (Fsp3) is 0.235. The molecule has 0 aliphatic heterocycles. The molecule has 2 aromatic carbocycles. The predicted molar refractivity (Wildman–Crippen MR) is 86.9 cm³/mol. The first-order valence-corrected chi connectivity index (χ1v) is 8.20. The van der Waals surface area contributed by atoms with Crippen LogP contribution in [0.3, 0.4) is 0 Å². The van der Waals surface area contributed by atoms with Gasteiger partial charge in [-0.1, -0.05) is 37.6 Å². The molecule has 0 heterocycles. The Balaban J connectivity index is 2.03. The quantitative estimate of drug-likeness (QED) is 0.786. The summed E-state index contributed by atoms with van der Waals surface area (Å²) in [6.45, 7) is 2.17. The van der Waals surface area contributed by atoms with Gasteiger partial charge in [0.1, 0.15) is 17.3 Å². The van der Waals surface area contributed by atoms with Crippen LogP contribution in [0.1, 0.15) is 35.7 Å². The number of rotatable bonds is 7. The molecule has 0 fully saturated rings. The molecule has 0 saturated carbocycles. The number of carbonyl (C=O) groups is 1. The van der Waals surface area contributed by atoms with Crippen molar-refractivity contribution in [3.05, 3.63) is 59.7 Å². The topological polar surface area (TPSA) is 46.2 Å². The van der Waals surface area contributed by atoms with Gasteiger partial charge in [-0.2, -0.15) is 0 Å². The smallest absolute Gasteiger partial charge is 0.150 e. The lowest BCUT2D eigenvalue weighted by Gasteiger charge is -2.07. The Kier molecular flexibility index (Phi) is 5.69. The second kappa shape index (κ2) is 7.74. The molecule has 0 aromatic heterocycles.